The first kappa shape index (κ1) is 22.9. The van der Waals surface area contributed by atoms with Crippen molar-refractivity contribution in [2.45, 2.75) is 51.4 Å². The standard InChI is InChI=1S/C16H22F6O3Si/c1-3-23-14(25-26,24-4-2)7-5-6-11-8-12(15(17,18)19)10-13(9-11)16(20,21)22/h8-10H,3-7H2,1-2,26H3. The van der Waals surface area contributed by atoms with Crippen molar-refractivity contribution >= 4 is 10.5 Å². The van der Waals surface area contributed by atoms with Gasteiger partial charge < -0.3 is 13.9 Å². The lowest BCUT2D eigenvalue weighted by molar-refractivity contribution is -0.343. The van der Waals surface area contributed by atoms with Gasteiger partial charge in [-0.05, 0) is 50.5 Å². The van der Waals surface area contributed by atoms with E-state index in [9.17, 15) is 26.3 Å². The maximum atomic E-state index is 12.9. The first-order chi connectivity index (χ1) is 12.0. The van der Waals surface area contributed by atoms with Gasteiger partial charge in [0.25, 0.3) is 5.97 Å². The fourth-order valence-corrected chi connectivity index (χ4v) is 2.96. The maximum absolute atomic E-state index is 12.9. The second kappa shape index (κ2) is 9.20. The van der Waals surface area contributed by atoms with Crippen LogP contribution in [0.25, 0.3) is 0 Å². The number of rotatable bonds is 9. The highest BCUT2D eigenvalue weighted by molar-refractivity contribution is 5.98. The molecule has 0 radical (unpaired) electrons. The van der Waals surface area contributed by atoms with Gasteiger partial charge in [0.15, 0.2) is 10.5 Å². The molecule has 0 bridgehead atoms. The van der Waals surface area contributed by atoms with Gasteiger partial charge in [-0.25, -0.2) is 0 Å². The van der Waals surface area contributed by atoms with Crippen molar-refractivity contribution in [3.05, 3.63) is 34.9 Å². The van der Waals surface area contributed by atoms with Crippen molar-refractivity contribution in [3.63, 3.8) is 0 Å². The van der Waals surface area contributed by atoms with Gasteiger partial charge in [-0.3, -0.25) is 0 Å². The molecule has 0 aliphatic carbocycles. The Morgan fingerprint density at radius 2 is 1.31 bits per heavy atom. The van der Waals surface area contributed by atoms with Crippen LogP contribution >= 0.6 is 0 Å². The fraction of sp³-hybridized carbons (Fsp3) is 0.625. The average molecular weight is 404 g/mol. The summed E-state index contributed by atoms with van der Waals surface area (Å²) in [6.45, 7) is 4.06. The minimum Gasteiger partial charge on any atom is -0.380 e. The van der Waals surface area contributed by atoms with Crippen LogP contribution in [0, 0.1) is 0 Å². The van der Waals surface area contributed by atoms with Gasteiger partial charge in [0, 0.05) is 19.6 Å². The number of hydrogen-bond acceptors (Lipinski definition) is 3. The van der Waals surface area contributed by atoms with Crippen molar-refractivity contribution in [2.75, 3.05) is 13.2 Å². The monoisotopic (exact) mass is 404 g/mol. The Morgan fingerprint density at radius 1 is 0.846 bits per heavy atom. The molecule has 0 aromatic heterocycles. The van der Waals surface area contributed by atoms with E-state index in [0.717, 1.165) is 12.1 Å². The second-order valence-electron chi connectivity index (χ2n) is 5.52. The highest BCUT2D eigenvalue weighted by Gasteiger charge is 2.37. The first-order valence-electron chi connectivity index (χ1n) is 8.09. The second-order valence-corrected chi connectivity index (χ2v) is 5.93. The zero-order valence-corrected chi connectivity index (χ0v) is 16.8. The van der Waals surface area contributed by atoms with Gasteiger partial charge in [0.05, 0.1) is 11.1 Å². The van der Waals surface area contributed by atoms with Gasteiger partial charge in [-0.2, -0.15) is 26.3 Å². The van der Waals surface area contributed by atoms with Crippen LogP contribution in [0.15, 0.2) is 18.2 Å². The van der Waals surface area contributed by atoms with Crippen molar-refractivity contribution in [1.29, 1.82) is 0 Å². The minimum atomic E-state index is -4.85. The fourth-order valence-electron chi connectivity index (χ4n) is 2.52. The lowest BCUT2D eigenvalue weighted by Gasteiger charge is -2.32. The molecule has 0 spiro atoms. The molecular formula is C16H22F6O3Si. The molecule has 10 heteroatoms. The Hall–Kier alpha value is -1.10. The molecular weight excluding hydrogens is 382 g/mol. The molecule has 0 amide bonds. The SMILES string of the molecule is CCOC(CCCc1cc(C(F)(F)F)cc(C(F)(F)F)c1)(O[SiH3])OCC. The van der Waals surface area contributed by atoms with Gasteiger partial charge in [-0.15, -0.1) is 0 Å². The summed E-state index contributed by atoms with van der Waals surface area (Å²) in [5, 5.41) is 0. The normalized spacial score (nSPS) is 13.4. The maximum Gasteiger partial charge on any atom is 0.416 e. The van der Waals surface area contributed by atoms with E-state index >= 15 is 0 Å². The molecule has 1 aromatic rings. The van der Waals surface area contributed by atoms with E-state index in [0.29, 0.717) is 23.7 Å². The van der Waals surface area contributed by atoms with E-state index in [1.54, 1.807) is 13.8 Å². The Labute approximate surface area is 151 Å². The number of ether oxygens (including phenoxy) is 2. The van der Waals surface area contributed by atoms with Gasteiger partial charge >= 0.3 is 12.4 Å². The molecule has 0 unspecified atom stereocenters. The van der Waals surface area contributed by atoms with Gasteiger partial charge in [0.1, 0.15) is 0 Å². The Morgan fingerprint density at radius 3 is 1.65 bits per heavy atom. The first-order valence-corrected chi connectivity index (χ1v) is 8.90. The van der Waals surface area contributed by atoms with Crippen LogP contribution < -0.4 is 0 Å². The van der Waals surface area contributed by atoms with E-state index in [4.69, 9.17) is 13.9 Å². The quantitative estimate of drug-likeness (QED) is 0.353. The smallest absolute Gasteiger partial charge is 0.380 e. The van der Waals surface area contributed by atoms with Crippen LogP contribution in [0.2, 0.25) is 0 Å². The van der Waals surface area contributed by atoms with Crippen molar-refractivity contribution in [1.82, 2.24) is 0 Å². The van der Waals surface area contributed by atoms with Crippen LogP contribution in [0.5, 0.6) is 0 Å². The molecule has 150 valence electrons. The predicted octanol–water partition coefficient (Wildman–Crippen LogP) is 4.07. The number of aryl methyl sites for hydroxylation is 1. The largest absolute Gasteiger partial charge is 0.416 e. The summed E-state index contributed by atoms with van der Waals surface area (Å²) in [5.41, 5.74) is -2.69. The number of hydrogen-bond donors (Lipinski definition) is 0. The van der Waals surface area contributed by atoms with Crippen molar-refractivity contribution in [2.24, 2.45) is 0 Å². The third-order valence-corrected chi connectivity index (χ3v) is 4.26. The van der Waals surface area contributed by atoms with Crippen LogP contribution in [0.3, 0.4) is 0 Å². The van der Waals surface area contributed by atoms with E-state index in [-0.39, 0.29) is 30.9 Å². The van der Waals surface area contributed by atoms with Crippen LogP contribution in [-0.2, 0) is 32.7 Å². The molecule has 0 N–H and O–H groups in total. The number of halogens is 6. The molecule has 0 atom stereocenters. The van der Waals surface area contributed by atoms with Crippen LogP contribution in [0.4, 0.5) is 26.3 Å². The van der Waals surface area contributed by atoms with Crippen molar-refractivity contribution in [3.8, 4) is 0 Å². The summed E-state index contributed by atoms with van der Waals surface area (Å²) in [7, 11) is 0.299. The predicted molar refractivity (Wildman–Crippen MR) is 86.4 cm³/mol. The average Bonchev–Trinajstić information content (AvgIpc) is 2.53. The minimum absolute atomic E-state index is 0.000184. The third-order valence-electron chi connectivity index (χ3n) is 3.64. The summed E-state index contributed by atoms with van der Waals surface area (Å²) < 4.78 is 93.5. The van der Waals surface area contributed by atoms with E-state index in [2.05, 4.69) is 0 Å². The van der Waals surface area contributed by atoms with Gasteiger partial charge in [-0.1, -0.05) is 0 Å². The third kappa shape index (κ3) is 6.56. The summed E-state index contributed by atoms with van der Waals surface area (Å²) in [5.74, 6) is -1.30. The van der Waals surface area contributed by atoms with E-state index < -0.39 is 29.5 Å². The van der Waals surface area contributed by atoms with Crippen LogP contribution in [-0.4, -0.2) is 29.7 Å². The Bertz CT molecular complexity index is 536. The molecule has 0 aliphatic heterocycles. The molecule has 0 saturated carbocycles. The molecule has 26 heavy (non-hydrogen) atoms. The molecule has 0 fully saturated rings. The highest BCUT2D eigenvalue weighted by atomic mass is 28.2. The molecule has 0 aliphatic rings. The zero-order chi connectivity index (χ0) is 20.0. The van der Waals surface area contributed by atoms with E-state index in [1.165, 1.54) is 0 Å². The van der Waals surface area contributed by atoms with Gasteiger partial charge in [0.2, 0.25) is 0 Å². The summed E-state index contributed by atoms with van der Waals surface area (Å²) >= 11 is 0. The molecule has 3 nitrogen and oxygen atoms in total. The topological polar surface area (TPSA) is 27.7 Å². The number of alkyl halides is 6. The Kier molecular flexibility index (Phi) is 8.12. The molecule has 1 rings (SSSR count). The molecule has 1 aromatic carbocycles. The number of benzene rings is 1. The summed E-state index contributed by atoms with van der Waals surface area (Å²) in [6, 6.07) is 1.59. The summed E-state index contributed by atoms with van der Waals surface area (Å²) in [4.78, 5) is 0. The lowest BCUT2D eigenvalue weighted by Crippen LogP contribution is -2.38. The highest BCUT2D eigenvalue weighted by Crippen LogP contribution is 2.36. The molecule has 0 saturated heterocycles. The van der Waals surface area contributed by atoms with Crippen LogP contribution in [0.1, 0.15) is 43.4 Å². The Balaban J connectivity index is 2.98. The molecule has 0 heterocycles. The lowest BCUT2D eigenvalue weighted by atomic mass is 10.0. The zero-order valence-electron chi connectivity index (χ0n) is 14.8. The van der Waals surface area contributed by atoms with E-state index in [1.807, 2.05) is 0 Å². The summed E-state index contributed by atoms with van der Waals surface area (Å²) in [6.07, 6.45) is -9.28. The van der Waals surface area contributed by atoms with Crippen molar-refractivity contribution < 1.29 is 40.2 Å².